The van der Waals surface area contributed by atoms with E-state index >= 15 is 0 Å². The number of fused-ring (bicyclic) bond motifs is 2. The Labute approximate surface area is 188 Å². The van der Waals surface area contributed by atoms with Crippen LogP contribution in [-0.2, 0) is 6.42 Å². The van der Waals surface area contributed by atoms with E-state index in [1.807, 2.05) is 19.2 Å². The third-order valence-electron chi connectivity index (χ3n) is 6.16. The van der Waals surface area contributed by atoms with E-state index in [4.69, 9.17) is 14.5 Å². The molecular formula is C25H29N5O2. The van der Waals surface area contributed by atoms with Crippen molar-refractivity contribution in [2.24, 2.45) is 0 Å². The Balaban J connectivity index is 1.45. The average molecular weight is 432 g/mol. The lowest BCUT2D eigenvalue weighted by molar-refractivity contribution is 0.110. The minimum atomic E-state index is 0.203. The number of likely N-dealkylation sites (tertiary alicyclic amines) is 1. The standard InChI is InChI=1S/C25H29N5O2/c1-3-31-25-27-15-20-19(6-4-5-7-21(20)29-25)17-8-9-22-23(14-17)28-24(16-26-22)32-18-10-12-30(2)13-11-18/h6,8-9,14-16,18H,3-5,7,10-13H2,1-2H3. The van der Waals surface area contributed by atoms with Gasteiger partial charge >= 0.3 is 6.01 Å². The van der Waals surface area contributed by atoms with Gasteiger partial charge in [0.1, 0.15) is 6.10 Å². The summed E-state index contributed by atoms with van der Waals surface area (Å²) in [6, 6.07) is 6.68. The minimum absolute atomic E-state index is 0.203. The molecule has 2 aromatic heterocycles. The highest BCUT2D eigenvalue weighted by Crippen LogP contribution is 2.32. The molecule has 2 aliphatic rings. The molecule has 0 N–H and O–H groups in total. The Morgan fingerprint density at radius 2 is 1.94 bits per heavy atom. The second-order valence-electron chi connectivity index (χ2n) is 8.49. The lowest BCUT2D eigenvalue weighted by atomic mass is 9.97. The maximum Gasteiger partial charge on any atom is 0.316 e. The van der Waals surface area contributed by atoms with Crippen LogP contribution in [0.4, 0.5) is 0 Å². The first kappa shape index (κ1) is 20.8. The smallest absolute Gasteiger partial charge is 0.316 e. The summed E-state index contributed by atoms with van der Waals surface area (Å²) in [7, 11) is 2.15. The average Bonchev–Trinajstić information content (AvgIpc) is 3.02. The molecule has 0 radical (unpaired) electrons. The zero-order chi connectivity index (χ0) is 21.9. The van der Waals surface area contributed by atoms with E-state index in [9.17, 15) is 0 Å². The maximum atomic E-state index is 6.16. The number of ether oxygens (including phenoxy) is 2. The second kappa shape index (κ2) is 9.20. The van der Waals surface area contributed by atoms with Crippen molar-refractivity contribution in [1.82, 2.24) is 24.8 Å². The molecule has 1 aliphatic heterocycles. The van der Waals surface area contributed by atoms with E-state index < -0.39 is 0 Å². The molecule has 3 heterocycles. The minimum Gasteiger partial charge on any atom is -0.473 e. The monoisotopic (exact) mass is 431 g/mol. The van der Waals surface area contributed by atoms with Gasteiger partial charge in [-0.2, -0.15) is 4.98 Å². The Bertz CT molecular complexity index is 1140. The number of allylic oxidation sites excluding steroid dienone is 1. The molecule has 3 aromatic rings. The van der Waals surface area contributed by atoms with Gasteiger partial charge in [0.2, 0.25) is 5.88 Å². The number of nitrogens with zero attached hydrogens (tertiary/aromatic N) is 5. The number of hydrogen-bond donors (Lipinski definition) is 0. The fourth-order valence-electron chi connectivity index (χ4n) is 4.40. The predicted octanol–water partition coefficient (Wildman–Crippen LogP) is 4.06. The van der Waals surface area contributed by atoms with E-state index in [0.717, 1.165) is 78.6 Å². The van der Waals surface area contributed by atoms with Gasteiger partial charge in [0.15, 0.2) is 0 Å². The molecule has 0 bridgehead atoms. The Hall–Kier alpha value is -3.06. The van der Waals surface area contributed by atoms with Crippen LogP contribution in [0.1, 0.15) is 49.4 Å². The Kier molecular flexibility index (Phi) is 5.99. The molecule has 0 unspecified atom stereocenters. The van der Waals surface area contributed by atoms with Gasteiger partial charge in [0.25, 0.3) is 0 Å². The first-order valence-corrected chi connectivity index (χ1v) is 11.5. The molecule has 1 aliphatic carbocycles. The molecule has 0 amide bonds. The maximum absolute atomic E-state index is 6.16. The van der Waals surface area contributed by atoms with Crippen LogP contribution in [0.3, 0.4) is 0 Å². The number of aryl methyl sites for hydroxylation is 1. The lowest BCUT2D eigenvalue weighted by Gasteiger charge is -2.28. The highest BCUT2D eigenvalue weighted by molar-refractivity contribution is 5.86. The van der Waals surface area contributed by atoms with E-state index in [2.05, 4.69) is 45.1 Å². The second-order valence-corrected chi connectivity index (χ2v) is 8.49. The molecule has 1 saturated heterocycles. The summed E-state index contributed by atoms with van der Waals surface area (Å²) in [5.74, 6) is 0.601. The van der Waals surface area contributed by atoms with Crippen LogP contribution < -0.4 is 9.47 Å². The molecule has 1 fully saturated rings. The summed E-state index contributed by atoms with van der Waals surface area (Å²) >= 11 is 0. The first-order chi connectivity index (χ1) is 15.7. The molecule has 5 rings (SSSR count). The summed E-state index contributed by atoms with van der Waals surface area (Å²) in [6.45, 7) is 4.61. The van der Waals surface area contributed by atoms with Crippen molar-refractivity contribution in [3.63, 3.8) is 0 Å². The largest absolute Gasteiger partial charge is 0.473 e. The van der Waals surface area contributed by atoms with Gasteiger partial charge in [-0.1, -0.05) is 12.1 Å². The fraction of sp³-hybridized carbons (Fsp3) is 0.440. The zero-order valence-corrected chi connectivity index (χ0v) is 18.8. The summed E-state index contributed by atoms with van der Waals surface area (Å²) in [6.07, 6.45) is 11.1. The van der Waals surface area contributed by atoms with E-state index in [1.54, 1.807) is 6.20 Å². The van der Waals surface area contributed by atoms with Gasteiger partial charge < -0.3 is 14.4 Å². The van der Waals surface area contributed by atoms with Crippen LogP contribution in [0.15, 0.2) is 36.7 Å². The number of hydrogen-bond acceptors (Lipinski definition) is 7. The SMILES string of the molecule is CCOc1ncc2c(n1)CCCC=C2c1ccc2ncc(OC3CCN(C)CC3)nc2c1. The summed E-state index contributed by atoms with van der Waals surface area (Å²) in [4.78, 5) is 20.8. The van der Waals surface area contributed by atoms with Crippen molar-refractivity contribution in [1.29, 1.82) is 0 Å². The number of rotatable bonds is 5. The van der Waals surface area contributed by atoms with Crippen molar-refractivity contribution < 1.29 is 9.47 Å². The van der Waals surface area contributed by atoms with Gasteiger partial charge in [-0.25, -0.2) is 15.0 Å². The van der Waals surface area contributed by atoms with Gasteiger partial charge in [-0.3, -0.25) is 0 Å². The molecule has 0 saturated carbocycles. The Morgan fingerprint density at radius 1 is 1.06 bits per heavy atom. The molecular weight excluding hydrogens is 402 g/mol. The van der Waals surface area contributed by atoms with Crippen LogP contribution in [0.25, 0.3) is 16.6 Å². The summed E-state index contributed by atoms with van der Waals surface area (Å²) in [5, 5.41) is 0. The quantitative estimate of drug-likeness (QED) is 0.603. The van der Waals surface area contributed by atoms with E-state index in [1.165, 1.54) is 0 Å². The van der Waals surface area contributed by atoms with Gasteiger partial charge in [-0.05, 0) is 69.3 Å². The number of aromatic nitrogens is 4. The molecule has 7 nitrogen and oxygen atoms in total. The molecule has 0 spiro atoms. The van der Waals surface area contributed by atoms with Crippen molar-refractivity contribution >= 4 is 16.6 Å². The van der Waals surface area contributed by atoms with Gasteiger partial charge in [0, 0.05) is 24.8 Å². The third kappa shape index (κ3) is 4.43. The molecule has 7 heteroatoms. The molecule has 0 atom stereocenters. The molecule has 166 valence electrons. The topological polar surface area (TPSA) is 73.3 Å². The van der Waals surface area contributed by atoms with Gasteiger partial charge in [-0.15, -0.1) is 0 Å². The van der Waals surface area contributed by atoms with Crippen LogP contribution >= 0.6 is 0 Å². The van der Waals surface area contributed by atoms with Crippen molar-refractivity contribution in [2.75, 3.05) is 26.7 Å². The van der Waals surface area contributed by atoms with Gasteiger partial charge in [0.05, 0.1) is 29.5 Å². The first-order valence-electron chi connectivity index (χ1n) is 11.5. The van der Waals surface area contributed by atoms with Crippen LogP contribution in [0.5, 0.6) is 11.9 Å². The van der Waals surface area contributed by atoms with Crippen molar-refractivity contribution in [3.8, 4) is 11.9 Å². The zero-order valence-electron chi connectivity index (χ0n) is 18.8. The van der Waals surface area contributed by atoms with E-state index in [0.29, 0.717) is 18.5 Å². The Morgan fingerprint density at radius 3 is 2.78 bits per heavy atom. The van der Waals surface area contributed by atoms with Crippen LogP contribution in [0, 0.1) is 0 Å². The normalized spacial score (nSPS) is 17.5. The predicted molar refractivity (Wildman–Crippen MR) is 124 cm³/mol. The van der Waals surface area contributed by atoms with Crippen molar-refractivity contribution in [3.05, 3.63) is 53.5 Å². The van der Waals surface area contributed by atoms with E-state index in [-0.39, 0.29) is 6.10 Å². The molecule has 32 heavy (non-hydrogen) atoms. The van der Waals surface area contributed by atoms with Crippen molar-refractivity contribution in [2.45, 2.75) is 45.1 Å². The fourth-order valence-corrected chi connectivity index (χ4v) is 4.40. The molecule has 1 aromatic carbocycles. The number of piperidine rings is 1. The highest BCUT2D eigenvalue weighted by Gasteiger charge is 2.20. The number of benzene rings is 1. The summed E-state index contributed by atoms with van der Waals surface area (Å²) < 4.78 is 11.7. The van der Waals surface area contributed by atoms with Crippen LogP contribution in [-0.4, -0.2) is 57.7 Å². The van der Waals surface area contributed by atoms with Crippen LogP contribution in [0.2, 0.25) is 0 Å². The summed E-state index contributed by atoms with van der Waals surface area (Å²) in [5.41, 5.74) is 6.05. The highest BCUT2D eigenvalue weighted by atomic mass is 16.5. The third-order valence-corrected chi connectivity index (χ3v) is 6.16. The lowest BCUT2D eigenvalue weighted by Crippen LogP contribution is -2.35.